The Labute approximate surface area is 207 Å². The maximum Gasteiger partial charge on any atom is 0.243 e. The predicted octanol–water partition coefficient (Wildman–Crippen LogP) is 6.07. The topological polar surface area (TPSA) is 69.6 Å². The van der Waals surface area contributed by atoms with E-state index in [0.29, 0.717) is 17.6 Å². The van der Waals surface area contributed by atoms with E-state index < -0.39 is 0 Å². The number of nitrogens with one attached hydrogen (secondary N) is 1. The predicted molar refractivity (Wildman–Crippen MR) is 144 cm³/mol. The van der Waals surface area contributed by atoms with Gasteiger partial charge in [-0.3, -0.25) is 9.28 Å². The first-order valence-corrected chi connectivity index (χ1v) is 12.1. The van der Waals surface area contributed by atoms with Gasteiger partial charge >= 0.3 is 0 Å². The Hall–Kier alpha value is -3.83. The Morgan fingerprint density at radius 1 is 0.971 bits per heavy atom. The number of fused-ring (bicyclic) bond motifs is 1. The van der Waals surface area contributed by atoms with Crippen molar-refractivity contribution in [3.05, 3.63) is 95.1 Å². The van der Waals surface area contributed by atoms with Gasteiger partial charge in [0, 0.05) is 41.0 Å². The number of unbranched alkanes of at least 4 members (excludes halogenated alkanes) is 1. The number of aromatic hydroxyl groups is 2. The summed E-state index contributed by atoms with van der Waals surface area (Å²) in [6.45, 7) is 5.60. The molecule has 5 heteroatoms. The van der Waals surface area contributed by atoms with Crippen LogP contribution < -0.4 is 9.80 Å². The van der Waals surface area contributed by atoms with Gasteiger partial charge in [-0.15, -0.1) is 0 Å². The van der Waals surface area contributed by atoms with Crippen molar-refractivity contribution in [2.24, 2.45) is 0 Å². The molecule has 3 N–H and O–H groups in total. The van der Waals surface area contributed by atoms with E-state index in [2.05, 4.69) is 38.3 Å². The number of carbonyl (C=O) groups excluding carboxylic acids is 1. The molecule has 0 spiro atoms. The Morgan fingerprint density at radius 2 is 1.66 bits per heavy atom. The van der Waals surface area contributed by atoms with Crippen molar-refractivity contribution in [2.75, 3.05) is 13.6 Å². The van der Waals surface area contributed by atoms with Crippen molar-refractivity contribution in [1.82, 2.24) is 9.80 Å². The molecule has 4 rings (SSSR count). The van der Waals surface area contributed by atoms with Gasteiger partial charge in [-0.1, -0.05) is 37.6 Å². The van der Waals surface area contributed by atoms with Crippen LogP contribution in [0.3, 0.4) is 0 Å². The summed E-state index contributed by atoms with van der Waals surface area (Å²) in [4.78, 5) is 12.0. The van der Waals surface area contributed by atoms with Crippen LogP contribution in [0.1, 0.15) is 48.9 Å². The van der Waals surface area contributed by atoms with E-state index in [-0.39, 0.29) is 17.4 Å². The van der Waals surface area contributed by atoms with E-state index >= 15 is 0 Å². The normalized spacial score (nSPS) is 17.1. The van der Waals surface area contributed by atoms with E-state index in [1.807, 2.05) is 42.5 Å². The van der Waals surface area contributed by atoms with Crippen LogP contribution in [0.4, 0.5) is 5.69 Å². The molecule has 0 aliphatic carbocycles. The number of hydrogen-bond donors (Lipinski definition) is 3. The highest BCUT2D eigenvalue weighted by Gasteiger charge is 2.42. The van der Waals surface area contributed by atoms with Gasteiger partial charge < -0.3 is 15.5 Å². The standard InChI is InChI=1S/C30H32N2O3/c1-4-5-18-31-29(35)17-10-22-6-8-23(9-7-22)20-32(3)28-16-15-26(34)19-27(28)21(2)30(32)24-11-13-25(33)14-12-24/h6-17,19H,4-5,18,20H2,1-3H3,(H2-,31,33,34,35)/p+1. The van der Waals surface area contributed by atoms with Crippen LogP contribution in [0, 0.1) is 0 Å². The minimum Gasteiger partial charge on any atom is -0.508 e. The van der Waals surface area contributed by atoms with Crippen LogP contribution in [0.25, 0.3) is 17.3 Å². The molecule has 3 aromatic carbocycles. The molecule has 35 heavy (non-hydrogen) atoms. The lowest BCUT2D eigenvalue weighted by Crippen LogP contribution is -2.40. The molecule has 1 heterocycles. The zero-order valence-electron chi connectivity index (χ0n) is 20.6. The number of carbonyl (C=O) groups is 1. The Kier molecular flexibility index (Phi) is 7.08. The highest BCUT2D eigenvalue weighted by atomic mass is 16.3. The van der Waals surface area contributed by atoms with E-state index in [0.717, 1.165) is 52.1 Å². The van der Waals surface area contributed by atoms with Crippen molar-refractivity contribution in [2.45, 2.75) is 33.2 Å². The Bertz CT molecular complexity index is 1270. The largest absolute Gasteiger partial charge is 0.508 e. The van der Waals surface area contributed by atoms with Crippen LogP contribution >= 0.6 is 0 Å². The second-order valence-corrected chi connectivity index (χ2v) is 9.29. The molecular formula is C30H33N2O3+. The molecule has 0 saturated carbocycles. The zero-order valence-corrected chi connectivity index (χ0v) is 20.6. The van der Waals surface area contributed by atoms with Crippen LogP contribution in [0.15, 0.2) is 72.8 Å². The average molecular weight is 470 g/mol. The van der Waals surface area contributed by atoms with Crippen molar-refractivity contribution in [3.63, 3.8) is 0 Å². The molecule has 1 amide bonds. The third kappa shape index (κ3) is 5.15. The number of phenolic OH excluding ortho intramolecular Hbond substituents is 2. The molecule has 0 aromatic heterocycles. The molecule has 0 radical (unpaired) electrons. The van der Waals surface area contributed by atoms with Gasteiger partial charge in [-0.25, -0.2) is 0 Å². The van der Waals surface area contributed by atoms with Crippen LogP contribution in [-0.4, -0.2) is 29.7 Å². The first kappa shape index (κ1) is 24.3. The number of nitrogens with zero attached hydrogens (tertiary/aromatic N) is 1. The summed E-state index contributed by atoms with van der Waals surface area (Å²) in [5.74, 6) is 0.408. The van der Waals surface area contributed by atoms with Gasteiger partial charge in [0.25, 0.3) is 0 Å². The molecule has 0 bridgehead atoms. The smallest absolute Gasteiger partial charge is 0.243 e. The fourth-order valence-corrected chi connectivity index (χ4v) is 4.88. The summed E-state index contributed by atoms with van der Waals surface area (Å²) in [7, 11) is 2.18. The molecule has 1 aliphatic heterocycles. The highest BCUT2D eigenvalue weighted by Crippen LogP contribution is 2.50. The van der Waals surface area contributed by atoms with Crippen LogP contribution in [0.2, 0.25) is 0 Å². The summed E-state index contributed by atoms with van der Waals surface area (Å²) in [5.41, 5.74) is 7.56. The summed E-state index contributed by atoms with van der Waals surface area (Å²) < 4.78 is 0.543. The van der Waals surface area contributed by atoms with Gasteiger partial charge in [0.05, 0.1) is 7.05 Å². The lowest BCUT2D eigenvalue weighted by Gasteiger charge is -2.33. The monoisotopic (exact) mass is 469 g/mol. The van der Waals surface area contributed by atoms with Crippen LogP contribution in [0.5, 0.6) is 11.5 Å². The van der Waals surface area contributed by atoms with Gasteiger partial charge in [0.1, 0.15) is 29.4 Å². The van der Waals surface area contributed by atoms with E-state index in [9.17, 15) is 15.0 Å². The van der Waals surface area contributed by atoms with Crippen molar-refractivity contribution >= 4 is 28.9 Å². The fraction of sp³-hybridized carbons (Fsp3) is 0.233. The number of hydrogen-bond acceptors (Lipinski definition) is 3. The minimum absolute atomic E-state index is 0.0725. The Balaban J connectivity index is 1.61. The molecular weight excluding hydrogens is 436 g/mol. The quantitative estimate of drug-likeness (QED) is 0.213. The van der Waals surface area contributed by atoms with Gasteiger partial charge in [0.2, 0.25) is 5.91 Å². The van der Waals surface area contributed by atoms with Gasteiger partial charge in [0.15, 0.2) is 0 Å². The average Bonchev–Trinajstić information content (AvgIpc) is 3.05. The second-order valence-electron chi connectivity index (χ2n) is 9.29. The summed E-state index contributed by atoms with van der Waals surface area (Å²) >= 11 is 0. The lowest BCUT2D eigenvalue weighted by molar-refractivity contribution is -0.116. The Morgan fingerprint density at radius 3 is 2.34 bits per heavy atom. The maximum atomic E-state index is 12.0. The van der Waals surface area contributed by atoms with Crippen LogP contribution in [-0.2, 0) is 11.3 Å². The number of benzene rings is 3. The van der Waals surface area contributed by atoms with Crippen molar-refractivity contribution in [3.8, 4) is 11.5 Å². The molecule has 0 fully saturated rings. The van der Waals surface area contributed by atoms with E-state index in [1.54, 1.807) is 24.3 Å². The third-order valence-corrected chi connectivity index (χ3v) is 6.64. The zero-order chi connectivity index (χ0) is 25.0. The number of rotatable bonds is 8. The SMILES string of the molecule is CCCCNC(=O)C=Cc1ccc(C[N+]2(C)C(c3ccc(O)cc3)=C(C)c3cc(O)ccc32)cc1. The van der Waals surface area contributed by atoms with Crippen molar-refractivity contribution in [1.29, 1.82) is 0 Å². The van der Waals surface area contributed by atoms with Crippen molar-refractivity contribution < 1.29 is 15.0 Å². The molecule has 1 unspecified atom stereocenters. The number of amides is 1. The molecule has 3 aromatic rings. The summed E-state index contributed by atoms with van der Waals surface area (Å²) in [6.07, 6.45) is 5.45. The first-order chi connectivity index (χ1) is 16.8. The summed E-state index contributed by atoms with van der Waals surface area (Å²) in [5, 5.41) is 22.9. The number of phenols is 2. The molecule has 5 nitrogen and oxygen atoms in total. The molecule has 0 saturated heterocycles. The maximum absolute atomic E-state index is 12.0. The fourth-order valence-electron chi connectivity index (χ4n) is 4.88. The third-order valence-electron chi connectivity index (χ3n) is 6.64. The number of allylic oxidation sites excluding steroid dienone is 1. The summed E-state index contributed by atoms with van der Waals surface area (Å²) in [6, 6.07) is 21.1. The minimum atomic E-state index is -0.0725. The van der Waals surface area contributed by atoms with Gasteiger partial charge in [-0.2, -0.15) is 0 Å². The van der Waals surface area contributed by atoms with E-state index in [4.69, 9.17) is 0 Å². The first-order valence-electron chi connectivity index (χ1n) is 12.1. The highest BCUT2D eigenvalue weighted by molar-refractivity contribution is 6.02. The lowest BCUT2D eigenvalue weighted by atomic mass is 10.0. The number of quaternary nitrogens is 1. The molecule has 1 atom stereocenters. The second kappa shape index (κ2) is 10.2. The van der Waals surface area contributed by atoms with E-state index in [1.165, 1.54) is 0 Å². The molecule has 180 valence electrons. The molecule has 1 aliphatic rings. The van der Waals surface area contributed by atoms with Gasteiger partial charge in [-0.05, 0) is 61.4 Å².